The Balaban J connectivity index is 1.47. The molecule has 2 aromatic carbocycles. The lowest BCUT2D eigenvalue weighted by molar-refractivity contribution is 0.621. The van der Waals surface area contributed by atoms with Crippen LogP contribution in [0.25, 0.3) is 27.5 Å². The van der Waals surface area contributed by atoms with Crippen molar-refractivity contribution in [2.75, 3.05) is 0 Å². The number of hydrogen-bond donors (Lipinski definition) is 0. The molecule has 0 amide bonds. The van der Waals surface area contributed by atoms with Gasteiger partial charge in [0.25, 0.3) is 0 Å². The molecule has 0 N–H and O–H groups in total. The highest BCUT2D eigenvalue weighted by Gasteiger charge is 2.20. The van der Waals surface area contributed by atoms with Gasteiger partial charge in [0, 0.05) is 11.3 Å². The molecule has 0 aliphatic rings. The summed E-state index contributed by atoms with van der Waals surface area (Å²) in [6, 6.07) is 18.8. The molecule has 0 unspecified atom stereocenters. The topological polar surface area (TPSA) is 56.2 Å². The Morgan fingerprint density at radius 2 is 1.79 bits per heavy atom. The summed E-state index contributed by atoms with van der Waals surface area (Å²) in [6.45, 7) is 6.68. The minimum atomic E-state index is 0.193. The molecule has 29 heavy (non-hydrogen) atoms. The summed E-state index contributed by atoms with van der Waals surface area (Å²) in [4.78, 5) is 0.777. The van der Waals surface area contributed by atoms with E-state index in [1.54, 1.807) is 15.9 Å². The second-order valence-electron chi connectivity index (χ2n) is 7.87. The maximum Gasteiger partial charge on any atom is 0.235 e. The van der Waals surface area contributed by atoms with Crippen LogP contribution in [0.4, 0.5) is 0 Å². The van der Waals surface area contributed by atoms with Gasteiger partial charge < -0.3 is 4.42 Å². The Labute approximate surface area is 173 Å². The standard InChI is InChI=1S/C23H22N4OS/c1-14(2)12-16-8-10-17(11-9-16)15(3)22-26-27-21(24-25-23(27)29-22)20-13-18-6-4-5-7-19(18)28-20/h4-11,13-15H,12H2,1-3H3/t15-/m1/s1. The van der Waals surface area contributed by atoms with Gasteiger partial charge in [-0.1, -0.05) is 74.6 Å². The zero-order valence-corrected chi connectivity index (χ0v) is 17.5. The SMILES string of the molecule is CC(C)Cc1ccc([C@@H](C)c2nn3c(-c4cc5ccccc5o4)nnc3s2)cc1. The molecule has 5 nitrogen and oxygen atoms in total. The van der Waals surface area contributed by atoms with Crippen molar-refractivity contribution in [2.45, 2.75) is 33.1 Å². The summed E-state index contributed by atoms with van der Waals surface area (Å²) in [6.07, 6.45) is 1.10. The number of nitrogens with zero attached hydrogens (tertiary/aromatic N) is 4. The van der Waals surface area contributed by atoms with Crippen LogP contribution >= 0.6 is 11.3 Å². The average Bonchev–Trinajstić information content (AvgIpc) is 3.40. The number of furan rings is 1. The zero-order chi connectivity index (χ0) is 20.0. The molecule has 6 heteroatoms. The van der Waals surface area contributed by atoms with Gasteiger partial charge in [-0.2, -0.15) is 9.61 Å². The number of aromatic nitrogens is 4. The highest BCUT2D eigenvalue weighted by Crippen LogP contribution is 2.32. The van der Waals surface area contributed by atoms with E-state index in [-0.39, 0.29) is 5.92 Å². The smallest absolute Gasteiger partial charge is 0.235 e. The quantitative estimate of drug-likeness (QED) is 0.364. The van der Waals surface area contributed by atoms with Crippen molar-refractivity contribution in [1.82, 2.24) is 19.8 Å². The third-order valence-electron chi connectivity index (χ3n) is 5.15. The van der Waals surface area contributed by atoms with Gasteiger partial charge in [0.05, 0.1) is 0 Å². The molecule has 3 aromatic heterocycles. The van der Waals surface area contributed by atoms with E-state index < -0.39 is 0 Å². The fourth-order valence-corrected chi connectivity index (χ4v) is 4.53. The predicted octanol–water partition coefficient (Wildman–Crippen LogP) is 5.95. The molecule has 0 radical (unpaired) electrons. The normalized spacial score (nSPS) is 13.0. The van der Waals surface area contributed by atoms with Crippen LogP contribution < -0.4 is 0 Å². The zero-order valence-electron chi connectivity index (χ0n) is 16.7. The highest BCUT2D eigenvalue weighted by molar-refractivity contribution is 7.16. The van der Waals surface area contributed by atoms with Crippen LogP contribution in [-0.4, -0.2) is 19.8 Å². The van der Waals surface area contributed by atoms with E-state index in [9.17, 15) is 0 Å². The monoisotopic (exact) mass is 402 g/mol. The number of fused-ring (bicyclic) bond motifs is 2. The maximum atomic E-state index is 5.96. The van der Waals surface area contributed by atoms with E-state index >= 15 is 0 Å². The lowest BCUT2D eigenvalue weighted by atomic mass is 9.97. The van der Waals surface area contributed by atoms with Crippen LogP contribution in [0.1, 0.15) is 42.8 Å². The van der Waals surface area contributed by atoms with Crippen LogP contribution in [0.15, 0.2) is 59.0 Å². The first kappa shape index (κ1) is 18.1. The van der Waals surface area contributed by atoms with Crippen molar-refractivity contribution in [3.63, 3.8) is 0 Å². The second-order valence-corrected chi connectivity index (χ2v) is 8.86. The molecule has 0 fully saturated rings. The Bertz CT molecular complexity index is 1250. The molecule has 5 aromatic rings. The van der Waals surface area contributed by atoms with E-state index in [1.807, 2.05) is 30.3 Å². The first-order valence-electron chi connectivity index (χ1n) is 9.88. The lowest BCUT2D eigenvalue weighted by Crippen LogP contribution is -1.99. The molecule has 1 atom stereocenters. The second kappa shape index (κ2) is 7.12. The van der Waals surface area contributed by atoms with Crippen LogP contribution in [0, 0.1) is 5.92 Å². The molecule has 0 spiro atoms. The summed E-state index contributed by atoms with van der Waals surface area (Å²) >= 11 is 1.57. The van der Waals surface area contributed by atoms with Crippen LogP contribution in [0.5, 0.6) is 0 Å². The minimum absolute atomic E-state index is 0.193. The van der Waals surface area contributed by atoms with Crippen molar-refractivity contribution in [2.24, 2.45) is 5.92 Å². The molecule has 0 bridgehead atoms. The molecule has 0 saturated heterocycles. The van der Waals surface area contributed by atoms with Crippen LogP contribution in [-0.2, 0) is 6.42 Å². The van der Waals surface area contributed by atoms with Gasteiger partial charge in [0.15, 0.2) is 5.76 Å². The number of rotatable bonds is 5. The van der Waals surface area contributed by atoms with Gasteiger partial charge in [-0.15, -0.1) is 10.2 Å². The molecular formula is C23H22N4OS. The van der Waals surface area contributed by atoms with Gasteiger partial charge in [-0.25, -0.2) is 0 Å². The molecular weight excluding hydrogens is 380 g/mol. The van der Waals surface area contributed by atoms with Crippen molar-refractivity contribution in [3.8, 4) is 11.6 Å². The fraction of sp³-hybridized carbons (Fsp3) is 0.261. The van der Waals surface area contributed by atoms with Gasteiger partial charge >= 0.3 is 0 Å². The Kier molecular flexibility index (Phi) is 4.43. The van der Waals surface area contributed by atoms with E-state index in [0.29, 0.717) is 17.5 Å². The molecule has 0 aliphatic heterocycles. The fourth-order valence-electron chi connectivity index (χ4n) is 3.61. The summed E-state index contributed by atoms with van der Waals surface area (Å²) in [5.41, 5.74) is 3.47. The Hall–Kier alpha value is -2.99. The molecule has 3 heterocycles. The third-order valence-corrected chi connectivity index (χ3v) is 6.23. The van der Waals surface area contributed by atoms with Crippen LogP contribution in [0.2, 0.25) is 0 Å². The number of para-hydroxylation sites is 1. The van der Waals surface area contributed by atoms with Gasteiger partial charge in [-0.05, 0) is 35.6 Å². The molecule has 5 rings (SSSR count). The van der Waals surface area contributed by atoms with E-state index in [2.05, 4.69) is 55.2 Å². The van der Waals surface area contributed by atoms with Gasteiger partial charge in [0.1, 0.15) is 10.6 Å². The van der Waals surface area contributed by atoms with E-state index in [4.69, 9.17) is 9.52 Å². The van der Waals surface area contributed by atoms with Crippen molar-refractivity contribution >= 4 is 27.3 Å². The minimum Gasteiger partial charge on any atom is -0.453 e. The molecule has 0 saturated carbocycles. The van der Waals surface area contributed by atoms with E-state index in [1.165, 1.54) is 11.1 Å². The summed E-state index contributed by atoms with van der Waals surface area (Å²) in [5.74, 6) is 2.17. The summed E-state index contributed by atoms with van der Waals surface area (Å²) < 4.78 is 7.75. The first-order valence-corrected chi connectivity index (χ1v) is 10.7. The Morgan fingerprint density at radius 1 is 1.00 bits per heavy atom. The van der Waals surface area contributed by atoms with Gasteiger partial charge in [-0.3, -0.25) is 0 Å². The lowest BCUT2D eigenvalue weighted by Gasteiger charge is -2.10. The number of benzene rings is 2. The number of hydrogen-bond acceptors (Lipinski definition) is 5. The van der Waals surface area contributed by atoms with Crippen molar-refractivity contribution < 1.29 is 4.42 Å². The average molecular weight is 403 g/mol. The summed E-state index contributed by atoms with van der Waals surface area (Å²) in [5, 5.41) is 15.5. The highest BCUT2D eigenvalue weighted by atomic mass is 32.1. The molecule has 146 valence electrons. The largest absolute Gasteiger partial charge is 0.453 e. The molecule has 0 aliphatic carbocycles. The van der Waals surface area contributed by atoms with Crippen molar-refractivity contribution in [3.05, 3.63) is 70.7 Å². The van der Waals surface area contributed by atoms with Gasteiger partial charge in [0.2, 0.25) is 10.8 Å². The Morgan fingerprint density at radius 3 is 2.55 bits per heavy atom. The van der Waals surface area contributed by atoms with Crippen LogP contribution in [0.3, 0.4) is 0 Å². The predicted molar refractivity (Wildman–Crippen MR) is 116 cm³/mol. The summed E-state index contributed by atoms with van der Waals surface area (Å²) in [7, 11) is 0. The maximum absolute atomic E-state index is 5.96. The first-order chi connectivity index (χ1) is 14.1. The third kappa shape index (κ3) is 3.34. The van der Waals surface area contributed by atoms with Crippen molar-refractivity contribution in [1.29, 1.82) is 0 Å². The van der Waals surface area contributed by atoms with E-state index in [0.717, 1.165) is 27.4 Å².